The van der Waals surface area contributed by atoms with E-state index in [0.29, 0.717) is 34.3 Å². The molecule has 0 saturated carbocycles. The van der Waals surface area contributed by atoms with E-state index in [1.54, 1.807) is 30.5 Å². The average Bonchev–Trinajstić information content (AvgIpc) is 2.39. The van der Waals surface area contributed by atoms with Crippen LogP contribution in [0.25, 0.3) is 11.3 Å². The van der Waals surface area contributed by atoms with E-state index >= 15 is 0 Å². The number of aromatic nitrogens is 2. The SMILES string of the molecule is CCNc1nc(Cl)ccc1-c1ncccc1C(N)=O. The van der Waals surface area contributed by atoms with Gasteiger partial charge in [-0.25, -0.2) is 4.98 Å². The molecule has 2 aromatic heterocycles. The number of rotatable bonds is 4. The quantitative estimate of drug-likeness (QED) is 0.840. The molecular weight excluding hydrogens is 264 g/mol. The third-order valence-corrected chi connectivity index (χ3v) is 2.74. The number of hydrogen-bond acceptors (Lipinski definition) is 4. The molecule has 0 spiro atoms. The summed E-state index contributed by atoms with van der Waals surface area (Å²) >= 11 is 5.88. The first kappa shape index (κ1) is 13.3. The lowest BCUT2D eigenvalue weighted by Gasteiger charge is -2.11. The topological polar surface area (TPSA) is 80.9 Å². The molecule has 6 heteroatoms. The van der Waals surface area contributed by atoms with Crippen molar-refractivity contribution in [1.29, 1.82) is 0 Å². The van der Waals surface area contributed by atoms with E-state index in [-0.39, 0.29) is 0 Å². The van der Waals surface area contributed by atoms with Crippen LogP contribution in [-0.2, 0) is 0 Å². The molecule has 0 aliphatic rings. The molecule has 1 amide bonds. The van der Waals surface area contributed by atoms with Crippen molar-refractivity contribution in [2.45, 2.75) is 6.92 Å². The first-order valence-corrected chi connectivity index (χ1v) is 6.17. The second-order valence-electron chi connectivity index (χ2n) is 3.82. The van der Waals surface area contributed by atoms with Crippen molar-refractivity contribution in [3.05, 3.63) is 41.2 Å². The van der Waals surface area contributed by atoms with Crippen LogP contribution in [0, 0.1) is 0 Å². The van der Waals surface area contributed by atoms with E-state index in [2.05, 4.69) is 15.3 Å². The highest BCUT2D eigenvalue weighted by molar-refractivity contribution is 6.29. The Morgan fingerprint density at radius 1 is 1.42 bits per heavy atom. The molecule has 0 bridgehead atoms. The third-order valence-electron chi connectivity index (χ3n) is 2.53. The highest BCUT2D eigenvalue weighted by atomic mass is 35.5. The van der Waals surface area contributed by atoms with Crippen molar-refractivity contribution >= 4 is 23.3 Å². The molecule has 3 N–H and O–H groups in total. The largest absolute Gasteiger partial charge is 0.370 e. The number of hydrogen-bond donors (Lipinski definition) is 2. The monoisotopic (exact) mass is 276 g/mol. The van der Waals surface area contributed by atoms with Crippen LogP contribution in [0.4, 0.5) is 5.82 Å². The molecule has 0 atom stereocenters. The summed E-state index contributed by atoms with van der Waals surface area (Å²) in [6.07, 6.45) is 1.60. The Morgan fingerprint density at radius 3 is 2.89 bits per heavy atom. The molecule has 5 nitrogen and oxygen atoms in total. The lowest BCUT2D eigenvalue weighted by atomic mass is 10.1. The Hall–Kier alpha value is -2.14. The van der Waals surface area contributed by atoms with Gasteiger partial charge < -0.3 is 11.1 Å². The minimum Gasteiger partial charge on any atom is -0.370 e. The predicted octanol–water partition coefficient (Wildman–Crippen LogP) is 2.33. The number of amides is 1. The van der Waals surface area contributed by atoms with Crippen molar-refractivity contribution < 1.29 is 4.79 Å². The van der Waals surface area contributed by atoms with Crippen LogP contribution in [0.2, 0.25) is 5.15 Å². The highest BCUT2D eigenvalue weighted by Crippen LogP contribution is 2.28. The Labute approximate surface area is 115 Å². The third kappa shape index (κ3) is 2.82. The fourth-order valence-corrected chi connectivity index (χ4v) is 1.89. The molecule has 0 saturated heterocycles. The summed E-state index contributed by atoms with van der Waals surface area (Å²) in [5.74, 6) is 0.0525. The molecular formula is C13H13ClN4O. The number of nitrogens with two attached hydrogens (primary N) is 1. The number of halogens is 1. The number of nitrogens with zero attached hydrogens (tertiary/aromatic N) is 2. The number of carbonyl (C=O) groups excluding carboxylic acids is 1. The van der Waals surface area contributed by atoms with Crippen LogP contribution in [0.3, 0.4) is 0 Å². The number of pyridine rings is 2. The zero-order valence-electron chi connectivity index (χ0n) is 10.4. The van der Waals surface area contributed by atoms with Crippen molar-refractivity contribution in [1.82, 2.24) is 9.97 Å². The lowest BCUT2D eigenvalue weighted by molar-refractivity contribution is 0.100. The van der Waals surface area contributed by atoms with Gasteiger partial charge in [0.2, 0.25) is 0 Å². The van der Waals surface area contributed by atoms with Gasteiger partial charge in [0.15, 0.2) is 0 Å². The van der Waals surface area contributed by atoms with Crippen LogP contribution in [0.1, 0.15) is 17.3 Å². The number of carbonyl (C=O) groups is 1. The van der Waals surface area contributed by atoms with E-state index in [9.17, 15) is 4.79 Å². The molecule has 98 valence electrons. The van der Waals surface area contributed by atoms with Gasteiger partial charge in [-0.1, -0.05) is 11.6 Å². The van der Waals surface area contributed by atoms with Gasteiger partial charge in [-0.3, -0.25) is 9.78 Å². The van der Waals surface area contributed by atoms with Crippen LogP contribution in [0.5, 0.6) is 0 Å². The minimum atomic E-state index is -0.527. The molecule has 0 radical (unpaired) electrons. The number of anilines is 1. The summed E-state index contributed by atoms with van der Waals surface area (Å²) in [6, 6.07) is 6.72. The zero-order chi connectivity index (χ0) is 13.8. The average molecular weight is 277 g/mol. The molecule has 0 aromatic carbocycles. The molecule has 0 aliphatic carbocycles. The minimum absolute atomic E-state index is 0.353. The van der Waals surface area contributed by atoms with E-state index in [0.717, 1.165) is 0 Å². The van der Waals surface area contributed by atoms with Crippen molar-refractivity contribution in [3.8, 4) is 11.3 Å². The zero-order valence-corrected chi connectivity index (χ0v) is 11.1. The standard InChI is InChI=1S/C13H13ClN4O/c1-2-16-13-9(5-6-10(14)18-13)11-8(12(15)19)4-3-7-17-11/h3-7H,2H2,1H3,(H2,15,19)(H,16,18). The Bertz CT molecular complexity index is 615. The second-order valence-corrected chi connectivity index (χ2v) is 4.21. The molecule has 19 heavy (non-hydrogen) atoms. The first-order valence-electron chi connectivity index (χ1n) is 5.79. The first-order chi connectivity index (χ1) is 9.13. The number of primary amides is 1. The van der Waals surface area contributed by atoms with Gasteiger partial charge in [-0.05, 0) is 31.2 Å². The summed E-state index contributed by atoms with van der Waals surface area (Å²) in [5.41, 5.74) is 6.90. The van der Waals surface area contributed by atoms with E-state index in [1.165, 1.54) is 0 Å². The van der Waals surface area contributed by atoms with Crippen molar-refractivity contribution in [2.75, 3.05) is 11.9 Å². The van der Waals surface area contributed by atoms with Crippen LogP contribution >= 0.6 is 11.6 Å². The molecule has 2 rings (SSSR count). The fourth-order valence-electron chi connectivity index (χ4n) is 1.75. The number of nitrogens with one attached hydrogen (secondary N) is 1. The smallest absolute Gasteiger partial charge is 0.250 e. The van der Waals surface area contributed by atoms with E-state index in [4.69, 9.17) is 17.3 Å². The Morgan fingerprint density at radius 2 is 2.21 bits per heavy atom. The summed E-state index contributed by atoms with van der Waals surface area (Å²) in [4.78, 5) is 19.9. The Kier molecular flexibility index (Phi) is 3.97. The normalized spacial score (nSPS) is 10.2. The molecule has 0 aliphatic heterocycles. The highest BCUT2D eigenvalue weighted by Gasteiger charge is 2.15. The van der Waals surface area contributed by atoms with Crippen LogP contribution < -0.4 is 11.1 Å². The summed E-state index contributed by atoms with van der Waals surface area (Å²) in [7, 11) is 0. The van der Waals surface area contributed by atoms with Crippen molar-refractivity contribution in [3.63, 3.8) is 0 Å². The van der Waals surface area contributed by atoms with Gasteiger partial charge in [0, 0.05) is 18.3 Å². The van der Waals surface area contributed by atoms with E-state index in [1.807, 2.05) is 6.92 Å². The van der Waals surface area contributed by atoms with E-state index < -0.39 is 5.91 Å². The second kappa shape index (κ2) is 5.67. The molecule has 2 aromatic rings. The van der Waals surface area contributed by atoms with Crippen LogP contribution in [0.15, 0.2) is 30.5 Å². The summed E-state index contributed by atoms with van der Waals surface area (Å²) < 4.78 is 0. The maximum absolute atomic E-state index is 11.4. The van der Waals surface area contributed by atoms with Gasteiger partial charge >= 0.3 is 0 Å². The van der Waals surface area contributed by atoms with Gasteiger partial charge in [0.1, 0.15) is 11.0 Å². The molecule has 0 unspecified atom stereocenters. The molecule has 0 fully saturated rings. The predicted molar refractivity (Wildman–Crippen MR) is 75.2 cm³/mol. The van der Waals surface area contributed by atoms with Gasteiger partial charge in [-0.15, -0.1) is 0 Å². The van der Waals surface area contributed by atoms with Crippen molar-refractivity contribution in [2.24, 2.45) is 5.73 Å². The lowest BCUT2D eigenvalue weighted by Crippen LogP contribution is -2.13. The Balaban J connectivity index is 2.61. The summed E-state index contributed by atoms with van der Waals surface area (Å²) in [6.45, 7) is 2.62. The van der Waals surface area contributed by atoms with Gasteiger partial charge in [-0.2, -0.15) is 0 Å². The maximum atomic E-state index is 11.4. The van der Waals surface area contributed by atoms with Gasteiger partial charge in [0.25, 0.3) is 5.91 Å². The van der Waals surface area contributed by atoms with Crippen LogP contribution in [-0.4, -0.2) is 22.4 Å². The van der Waals surface area contributed by atoms with Gasteiger partial charge in [0.05, 0.1) is 11.3 Å². The summed E-state index contributed by atoms with van der Waals surface area (Å²) in [5, 5.41) is 3.47. The molecule has 2 heterocycles. The fraction of sp³-hybridized carbons (Fsp3) is 0.154. The maximum Gasteiger partial charge on any atom is 0.250 e.